The predicted octanol–water partition coefficient (Wildman–Crippen LogP) is 6.05. The third-order valence-electron chi connectivity index (χ3n) is 3.37. The van der Waals surface area contributed by atoms with Crippen LogP contribution in [0.25, 0.3) is 0 Å². The number of halogens is 4. The van der Waals surface area contributed by atoms with Crippen molar-refractivity contribution in [1.29, 1.82) is 0 Å². The molecule has 0 saturated heterocycles. The zero-order valence-corrected chi connectivity index (χ0v) is 16.2. The fourth-order valence-corrected chi connectivity index (χ4v) is 4.77. The first-order valence-electron chi connectivity index (χ1n) is 7.07. The molecule has 0 aliphatic rings. The minimum atomic E-state index is -1.32. The van der Waals surface area contributed by atoms with Crippen LogP contribution in [0.3, 0.4) is 0 Å². The molecule has 0 fully saturated rings. The Kier molecular flexibility index (Phi) is 10.2. The van der Waals surface area contributed by atoms with Gasteiger partial charge in [0.2, 0.25) is 0 Å². The molecule has 0 aromatic carbocycles. The summed E-state index contributed by atoms with van der Waals surface area (Å²) in [6, 6.07) is 0. The highest BCUT2D eigenvalue weighted by atomic mass is 79.9. The Morgan fingerprint density at radius 2 is 1.65 bits per heavy atom. The summed E-state index contributed by atoms with van der Waals surface area (Å²) in [5.74, 6) is -0.178. The zero-order valence-electron chi connectivity index (χ0n) is 12.4. The summed E-state index contributed by atoms with van der Waals surface area (Å²) in [7, 11) is 0. The molecular weight excluding hydrogens is 386 g/mol. The van der Waals surface area contributed by atoms with E-state index in [0.29, 0.717) is 19.4 Å². The summed E-state index contributed by atoms with van der Waals surface area (Å²) in [4.78, 5) is 11.9. The van der Waals surface area contributed by atoms with Gasteiger partial charge in [-0.1, -0.05) is 77.4 Å². The van der Waals surface area contributed by atoms with E-state index in [-0.39, 0.29) is 16.2 Å². The first-order valence-corrected chi connectivity index (χ1v) is 9.12. The van der Waals surface area contributed by atoms with E-state index in [1.54, 1.807) is 0 Å². The second-order valence-corrected chi connectivity index (χ2v) is 8.75. The van der Waals surface area contributed by atoms with E-state index in [4.69, 9.17) is 39.5 Å². The van der Waals surface area contributed by atoms with E-state index < -0.39 is 3.79 Å². The first kappa shape index (κ1) is 20.8. The number of ether oxygens (including phenoxy) is 1. The fourth-order valence-electron chi connectivity index (χ4n) is 2.64. The van der Waals surface area contributed by atoms with Crippen LogP contribution in [0.5, 0.6) is 0 Å². The first-order chi connectivity index (χ1) is 9.20. The third-order valence-corrected chi connectivity index (χ3v) is 5.13. The van der Waals surface area contributed by atoms with Gasteiger partial charge >= 0.3 is 5.97 Å². The predicted molar refractivity (Wildman–Crippen MR) is 91.1 cm³/mol. The highest BCUT2D eigenvalue weighted by molar-refractivity contribution is 9.09. The van der Waals surface area contributed by atoms with Crippen molar-refractivity contribution in [2.75, 3.05) is 6.61 Å². The maximum Gasteiger partial charge on any atom is 0.306 e. The number of carbonyl (C=O) groups is 1. The van der Waals surface area contributed by atoms with Gasteiger partial charge in [0.25, 0.3) is 0 Å². The Morgan fingerprint density at radius 3 is 2.00 bits per heavy atom. The lowest BCUT2D eigenvalue weighted by Gasteiger charge is -2.38. The van der Waals surface area contributed by atoms with Gasteiger partial charge in [-0.25, -0.2) is 0 Å². The maximum atomic E-state index is 11.9. The zero-order chi connectivity index (χ0) is 15.8. The van der Waals surface area contributed by atoms with Gasteiger partial charge in [-0.15, -0.1) is 0 Å². The van der Waals surface area contributed by atoms with E-state index in [0.717, 1.165) is 25.7 Å². The summed E-state index contributed by atoms with van der Waals surface area (Å²) in [5, 5.41) is 0. The quantitative estimate of drug-likeness (QED) is 0.342. The van der Waals surface area contributed by atoms with Crippen molar-refractivity contribution in [2.45, 2.75) is 67.9 Å². The number of hydrogen-bond donors (Lipinski definition) is 0. The second-order valence-electron chi connectivity index (χ2n) is 5.13. The molecule has 0 saturated carbocycles. The molecule has 0 heterocycles. The van der Waals surface area contributed by atoms with Crippen LogP contribution in [0.1, 0.15) is 59.3 Å². The van der Waals surface area contributed by atoms with Gasteiger partial charge in [0.05, 0.1) is 13.0 Å². The van der Waals surface area contributed by atoms with E-state index in [9.17, 15) is 4.79 Å². The average Bonchev–Trinajstić information content (AvgIpc) is 2.27. The minimum absolute atomic E-state index is 0.0354. The molecule has 0 radical (unpaired) electrons. The number of hydrogen-bond acceptors (Lipinski definition) is 2. The van der Waals surface area contributed by atoms with Crippen molar-refractivity contribution in [1.82, 2.24) is 0 Å². The second kappa shape index (κ2) is 9.76. The summed E-state index contributed by atoms with van der Waals surface area (Å²) in [6.45, 7) is 6.41. The normalized spacial score (nSPS) is 14.2. The molecule has 6 heteroatoms. The number of alkyl halides is 4. The lowest BCUT2D eigenvalue weighted by Crippen LogP contribution is -2.36. The molecule has 0 N–H and O–H groups in total. The van der Waals surface area contributed by atoms with Crippen LogP contribution in [-0.2, 0) is 9.53 Å². The molecule has 0 amide bonds. The molecule has 1 unspecified atom stereocenters. The van der Waals surface area contributed by atoms with Crippen molar-refractivity contribution in [3.05, 3.63) is 0 Å². The molecule has 0 aliphatic carbocycles. The SMILES string of the molecule is CCCC(CCC)(CC(=O)OCC)C(Br)CC(Cl)(Cl)Cl. The molecule has 20 heavy (non-hydrogen) atoms. The Balaban J connectivity index is 5.12. The smallest absolute Gasteiger partial charge is 0.306 e. The molecule has 120 valence electrons. The van der Waals surface area contributed by atoms with Crippen LogP contribution in [0.4, 0.5) is 0 Å². The Hall–Kier alpha value is 0.820. The van der Waals surface area contributed by atoms with Crippen molar-refractivity contribution < 1.29 is 9.53 Å². The van der Waals surface area contributed by atoms with Gasteiger partial charge in [-0.2, -0.15) is 0 Å². The van der Waals surface area contributed by atoms with E-state index in [1.165, 1.54) is 0 Å². The van der Waals surface area contributed by atoms with Crippen molar-refractivity contribution in [3.8, 4) is 0 Å². The van der Waals surface area contributed by atoms with Gasteiger partial charge in [0.1, 0.15) is 0 Å². The third kappa shape index (κ3) is 7.72. The van der Waals surface area contributed by atoms with Crippen molar-refractivity contribution in [2.24, 2.45) is 5.41 Å². The molecule has 0 aliphatic heterocycles. The molecule has 1 atom stereocenters. The summed E-state index contributed by atoms with van der Waals surface area (Å²) in [5.41, 5.74) is -0.223. The number of esters is 1. The molecule has 0 aromatic rings. The number of rotatable bonds is 9. The van der Waals surface area contributed by atoms with Crippen LogP contribution in [-0.4, -0.2) is 21.2 Å². The van der Waals surface area contributed by atoms with Crippen LogP contribution < -0.4 is 0 Å². The molecule has 0 aromatic heterocycles. The highest BCUT2D eigenvalue weighted by Crippen LogP contribution is 2.47. The van der Waals surface area contributed by atoms with Crippen LogP contribution in [0.15, 0.2) is 0 Å². The van der Waals surface area contributed by atoms with Gasteiger partial charge in [0.15, 0.2) is 3.79 Å². The van der Waals surface area contributed by atoms with Gasteiger partial charge in [-0.3, -0.25) is 4.79 Å². The summed E-state index contributed by atoms with van der Waals surface area (Å²) < 4.78 is 3.79. The Morgan fingerprint density at radius 1 is 1.15 bits per heavy atom. The Labute approximate surface area is 146 Å². The lowest BCUT2D eigenvalue weighted by molar-refractivity contribution is -0.146. The van der Waals surface area contributed by atoms with Gasteiger partial charge < -0.3 is 4.74 Å². The topological polar surface area (TPSA) is 26.3 Å². The van der Waals surface area contributed by atoms with E-state index in [2.05, 4.69) is 29.8 Å². The van der Waals surface area contributed by atoms with E-state index >= 15 is 0 Å². The Bertz CT molecular complexity index is 287. The monoisotopic (exact) mass is 408 g/mol. The highest BCUT2D eigenvalue weighted by Gasteiger charge is 2.41. The lowest BCUT2D eigenvalue weighted by atomic mass is 9.73. The van der Waals surface area contributed by atoms with Crippen LogP contribution in [0.2, 0.25) is 0 Å². The summed E-state index contributed by atoms with van der Waals surface area (Å²) >= 11 is 21.4. The molecule has 2 nitrogen and oxygen atoms in total. The largest absolute Gasteiger partial charge is 0.466 e. The average molecular weight is 411 g/mol. The van der Waals surface area contributed by atoms with Crippen molar-refractivity contribution in [3.63, 3.8) is 0 Å². The van der Waals surface area contributed by atoms with Gasteiger partial charge in [-0.05, 0) is 25.2 Å². The summed E-state index contributed by atoms with van der Waals surface area (Å²) in [6.07, 6.45) is 4.48. The molecule has 0 bridgehead atoms. The van der Waals surface area contributed by atoms with Gasteiger partial charge in [0, 0.05) is 11.2 Å². The van der Waals surface area contributed by atoms with Crippen LogP contribution >= 0.6 is 50.7 Å². The fraction of sp³-hybridized carbons (Fsp3) is 0.929. The minimum Gasteiger partial charge on any atom is -0.466 e. The van der Waals surface area contributed by atoms with Crippen LogP contribution in [0, 0.1) is 5.41 Å². The van der Waals surface area contributed by atoms with E-state index in [1.807, 2.05) is 6.92 Å². The number of carbonyl (C=O) groups excluding carboxylic acids is 1. The molecular formula is C14H24BrCl3O2. The standard InChI is InChI=1S/C14H24BrCl3O2/c1-4-7-13(8-5-2,10-12(19)20-6-3)11(15)9-14(16,17)18/h11H,4-10H2,1-3H3. The molecule has 0 spiro atoms. The maximum absolute atomic E-state index is 11.9. The molecule has 0 rings (SSSR count). The van der Waals surface area contributed by atoms with Crippen molar-refractivity contribution >= 4 is 56.7 Å².